The second kappa shape index (κ2) is 5.35. The second-order valence-corrected chi connectivity index (χ2v) is 4.63. The molecule has 2 rings (SSSR count). The van der Waals surface area contributed by atoms with Crippen molar-refractivity contribution in [1.82, 2.24) is 5.32 Å². The van der Waals surface area contributed by atoms with Crippen molar-refractivity contribution in [3.63, 3.8) is 0 Å². The molecular formula is C14H21NO. The molecule has 0 unspecified atom stereocenters. The molecule has 1 fully saturated rings. The molecule has 0 bridgehead atoms. The number of ether oxygens (including phenoxy) is 1. The van der Waals surface area contributed by atoms with Gasteiger partial charge in [0.1, 0.15) is 5.75 Å². The van der Waals surface area contributed by atoms with Crippen molar-refractivity contribution in [2.45, 2.75) is 39.2 Å². The Balaban J connectivity index is 1.69. The molecule has 2 heteroatoms. The lowest BCUT2D eigenvalue weighted by Crippen LogP contribution is -2.19. The Morgan fingerprint density at radius 3 is 2.88 bits per heavy atom. The van der Waals surface area contributed by atoms with Crippen molar-refractivity contribution in [2.75, 3.05) is 13.2 Å². The van der Waals surface area contributed by atoms with Gasteiger partial charge in [-0.05, 0) is 56.8 Å². The highest BCUT2D eigenvalue weighted by atomic mass is 16.5. The molecule has 0 spiro atoms. The van der Waals surface area contributed by atoms with E-state index in [9.17, 15) is 0 Å². The van der Waals surface area contributed by atoms with E-state index in [2.05, 4.69) is 37.4 Å². The first-order chi connectivity index (χ1) is 7.77. The zero-order chi connectivity index (χ0) is 11.4. The van der Waals surface area contributed by atoms with Crippen LogP contribution in [0.1, 0.15) is 30.4 Å². The summed E-state index contributed by atoms with van der Waals surface area (Å²) in [5, 5.41) is 3.49. The quantitative estimate of drug-likeness (QED) is 0.743. The van der Waals surface area contributed by atoms with Gasteiger partial charge in [0.15, 0.2) is 0 Å². The molecule has 0 atom stereocenters. The van der Waals surface area contributed by atoms with Crippen molar-refractivity contribution >= 4 is 0 Å². The van der Waals surface area contributed by atoms with E-state index in [-0.39, 0.29) is 0 Å². The predicted octanol–water partition coefficient (Wildman–Crippen LogP) is 2.82. The van der Waals surface area contributed by atoms with Gasteiger partial charge >= 0.3 is 0 Å². The van der Waals surface area contributed by atoms with Crippen LogP contribution >= 0.6 is 0 Å². The second-order valence-electron chi connectivity index (χ2n) is 4.63. The van der Waals surface area contributed by atoms with Gasteiger partial charge in [0.25, 0.3) is 0 Å². The van der Waals surface area contributed by atoms with Crippen molar-refractivity contribution in [1.29, 1.82) is 0 Å². The van der Waals surface area contributed by atoms with E-state index in [4.69, 9.17) is 4.74 Å². The van der Waals surface area contributed by atoms with Gasteiger partial charge in [-0.3, -0.25) is 0 Å². The van der Waals surface area contributed by atoms with Gasteiger partial charge in [0.2, 0.25) is 0 Å². The van der Waals surface area contributed by atoms with E-state index < -0.39 is 0 Å². The highest BCUT2D eigenvalue weighted by molar-refractivity contribution is 5.38. The van der Waals surface area contributed by atoms with Crippen LogP contribution in [0.15, 0.2) is 18.2 Å². The Kier molecular flexibility index (Phi) is 3.83. The summed E-state index contributed by atoms with van der Waals surface area (Å²) in [6, 6.07) is 7.04. The van der Waals surface area contributed by atoms with Crippen LogP contribution in [0.5, 0.6) is 5.75 Å². The first kappa shape index (κ1) is 11.5. The van der Waals surface area contributed by atoms with Crippen LogP contribution in [0.3, 0.4) is 0 Å². The standard InChI is InChI=1S/C14H21NO/c1-11-5-3-6-14(12(11)2)16-10-4-9-15-13-7-8-13/h3,5-6,13,15H,4,7-10H2,1-2H3. The number of aryl methyl sites for hydroxylation is 1. The molecule has 0 radical (unpaired) electrons. The van der Waals surface area contributed by atoms with Crippen LogP contribution in [-0.2, 0) is 0 Å². The minimum Gasteiger partial charge on any atom is -0.493 e. The molecule has 0 saturated heterocycles. The fourth-order valence-electron chi connectivity index (χ4n) is 1.73. The minimum atomic E-state index is 0.806. The minimum absolute atomic E-state index is 0.806. The van der Waals surface area contributed by atoms with E-state index in [0.717, 1.165) is 31.4 Å². The third-order valence-corrected chi connectivity index (χ3v) is 3.14. The van der Waals surface area contributed by atoms with E-state index in [0.29, 0.717) is 0 Å². The summed E-state index contributed by atoms with van der Waals surface area (Å²) in [5.74, 6) is 1.03. The highest BCUT2D eigenvalue weighted by Crippen LogP contribution is 2.21. The molecule has 0 aromatic heterocycles. The largest absolute Gasteiger partial charge is 0.493 e. The van der Waals surface area contributed by atoms with Gasteiger partial charge in [-0.15, -0.1) is 0 Å². The van der Waals surface area contributed by atoms with Crippen LogP contribution in [0.2, 0.25) is 0 Å². The van der Waals surface area contributed by atoms with Crippen LogP contribution in [-0.4, -0.2) is 19.2 Å². The van der Waals surface area contributed by atoms with Crippen LogP contribution in [0.4, 0.5) is 0 Å². The SMILES string of the molecule is Cc1cccc(OCCCNC2CC2)c1C. The maximum Gasteiger partial charge on any atom is 0.122 e. The molecule has 0 heterocycles. The summed E-state index contributed by atoms with van der Waals surface area (Å²) in [7, 11) is 0. The van der Waals surface area contributed by atoms with Gasteiger partial charge in [0.05, 0.1) is 6.61 Å². The maximum absolute atomic E-state index is 5.78. The summed E-state index contributed by atoms with van der Waals surface area (Å²) in [4.78, 5) is 0. The van der Waals surface area contributed by atoms with Crippen molar-refractivity contribution in [2.24, 2.45) is 0 Å². The third kappa shape index (κ3) is 3.24. The summed E-state index contributed by atoms with van der Waals surface area (Å²) < 4.78 is 5.78. The first-order valence-corrected chi connectivity index (χ1v) is 6.20. The molecule has 1 N–H and O–H groups in total. The molecule has 1 saturated carbocycles. The number of hydrogen-bond donors (Lipinski definition) is 1. The normalized spacial score (nSPS) is 15.1. The summed E-state index contributed by atoms with van der Waals surface area (Å²) in [6.45, 7) is 6.13. The maximum atomic E-state index is 5.78. The average Bonchev–Trinajstić information content (AvgIpc) is 3.07. The van der Waals surface area contributed by atoms with Crippen LogP contribution in [0, 0.1) is 13.8 Å². The van der Waals surface area contributed by atoms with E-state index in [1.165, 1.54) is 24.0 Å². The van der Waals surface area contributed by atoms with Crippen molar-refractivity contribution in [3.8, 4) is 5.75 Å². The molecule has 1 aliphatic rings. The summed E-state index contributed by atoms with van der Waals surface area (Å²) in [6.07, 6.45) is 3.81. The Labute approximate surface area is 98.0 Å². The zero-order valence-corrected chi connectivity index (χ0v) is 10.3. The molecule has 1 aromatic carbocycles. The zero-order valence-electron chi connectivity index (χ0n) is 10.3. The Bertz CT molecular complexity index is 345. The van der Waals surface area contributed by atoms with Gasteiger partial charge in [0, 0.05) is 6.04 Å². The van der Waals surface area contributed by atoms with Crippen LogP contribution in [0.25, 0.3) is 0 Å². The van der Waals surface area contributed by atoms with Gasteiger partial charge in [-0.1, -0.05) is 12.1 Å². The van der Waals surface area contributed by atoms with E-state index in [1.54, 1.807) is 0 Å². The number of hydrogen-bond acceptors (Lipinski definition) is 2. The lowest BCUT2D eigenvalue weighted by Gasteiger charge is -2.10. The number of benzene rings is 1. The molecule has 0 amide bonds. The summed E-state index contributed by atoms with van der Waals surface area (Å²) in [5.41, 5.74) is 2.56. The lowest BCUT2D eigenvalue weighted by molar-refractivity contribution is 0.306. The van der Waals surface area contributed by atoms with E-state index >= 15 is 0 Å². The molecule has 2 nitrogen and oxygen atoms in total. The topological polar surface area (TPSA) is 21.3 Å². The Morgan fingerprint density at radius 1 is 1.31 bits per heavy atom. The monoisotopic (exact) mass is 219 g/mol. The Hall–Kier alpha value is -1.02. The Morgan fingerprint density at radius 2 is 2.12 bits per heavy atom. The van der Waals surface area contributed by atoms with Crippen LogP contribution < -0.4 is 10.1 Å². The number of rotatable bonds is 6. The van der Waals surface area contributed by atoms with Gasteiger partial charge < -0.3 is 10.1 Å². The van der Waals surface area contributed by atoms with E-state index in [1.807, 2.05) is 0 Å². The molecule has 16 heavy (non-hydrogen) atoms. The molecule has 0 aliphatic heterocycles. The molecule has 1 aromatic rings. The predicted molar refractivity (Wildman–Crippen MR) is 67.1 cm³/mol. The lowest BCUT2D eigenvalue weighted by atomic mass is 10.1. The fraction of sp³-hybridized carbons (Fsp3) is 0.571. The first-order valence-electron chi connectivity index (χ1n) is 6.20. The molecular weight excluding hydrogens is 198 g/mol. The van der Waals surface area contributed by atoms with Gasteiger partial charge in [-0.25, -0.2) is 0 Å². The molecule has 88 valence electrons. The van der Waals surface area contributed by atoms with Crippen molar-refractivity contribution in [3.05, 3.63) is 29.3 Å². The van der Waals surface area contributed by atoms with Crippen molar-refractivity contribution < 1.29 is 4.74 Å². The highest BCUT2D eigenvalue weighted by Gasteiger charge is 2.19. The summed E-state index contributed by atoms with van der Waals surface area (Å²) >= 11 is 0. The van der Waals surface area contributed by atoms with Gasteiger partial charge in [-0.2, -0.15) is 0 Å². The average molecular weight is 219 g/mol. The molecule has 1 aliphatic carbocycles. The fourth-order valence-corrected chi connectivity index (χ4v) is 1.73. The smallest absolute Gasteiger partial charge is 0.122 e. The number of nitrogens with one attached hydrogen (secondary N) is 1. The third-order valence-electron chi connectivity index (χ3n) is 3.14.